The summed E-state index contributed by atoms with van der Waals surface area (Å²) >= 11 is 0. The molecule has 2 N–H and O–H groups in total. The van der Waals surface area contributed by atoms with Crippen LogP contribution in [0.2, 0.25) is 0 Å². The minimum Gasteiger partial charge on any atom is -0.380 e. The van der Waals surface area contributed by atoms with Gasteiger partial charge in [0.05, 0.1) is 12.5 Å². The van der Waals surface area contributed by atoms with Crippen LogP contribution in [0.3, 0.4) is 0 Å². The van der Waals surface area contributed by atoms with E-state index in [2.05, 4.69) is 0 Å². The summed E-state index contributed by atoms with van der Waals surface area (Å²) in [5.41, 5.74) is 7.18. The minimum absolute atomic E-state index is 0.103. The van der Waals surface area contributed by atoms with E-state index >= 15 is 0 Å². The molecule has 4 nitrogen and oxygen atoms in total. The second kappa shape index (κ2) is 7.41. The molecule has 126 valence electrons. The Bertz CT molecular complexity index is 534. The summed E-state index contributed by atoms with van der Waals surface area (Å²) in [6, 6.07) is 6.49. The van der Waals surface area contributed by atoms with Crippen LogP contribution in [0, 0.1) is 17.7 Å². The van der Waals surface area contributed by atoms with E-state index in [1.807, 2.05) is 17.0 Å². The van der Waals surface area contributed by atoms with Crippen molar-refractivity contribution in [2.75, 3.05) is 26.3 Å². The number of halogens is 1. The fraction of sp³-hybridized carbons (Fsp3) is 0.611. The average molecular weight is 320 g/mol. The third-order valence-electron chi connectivity index (χ3n) is 4.99. The van der Waals surface area contributed by atoms with Crippen molar-refractivity contribution in [3.63, 3.8) is 0 Å². The van der Waals surface area contributed by atoms with Crippen molar-refractivity contribution in [1.82, 2.24) is 4.90 Å². The monoisotopic (exact) mass is 320 g/mol. The number of nitrogens with zero attached hydrogens (tertiary/aromatic N) is 1. The first-order chi connectivity index (χ1) is 11.1. The molecular weight excluding hydrogens is 295 g/mol. The van der Waals surface area contributed by atoms with Crippen LogP contribution >= 0.6 is 0 Å². The van der Waals surface area contributed by atoms with Gasteiger partial charge in [0, 0.05) is 25.7 Å². The predicted octanol–water partition coefficient (Wildman–Crippen LogP) is 1.97. The predicted molar refractivity (Wildman–Crippen MR) is 86.3 cm³/mol. The molecule has 0 aliphatic carbocycles. The average Bonchev–Trinajstić information content (AvgIpc) is 2.57. The van der Waals surface area contributed by atoms with Crippen LogP contribution in [0.4, 0.5) is 4.39 Å². The number of hydrogen-bond donors (Lipinski definition) is 1. The number of nitrogens with two attached hydrogens (primary N) is 1. The van der Waals surface area contributed by atoms with E-state index in [0.29, 0.717) is 19.1 Å². The molecular formula is C18H25FN2O2. The summed E-state index contributed by atoms with van der Waals surface area (Å²) in [5.74, 6) is 0.315. The van der Waals surface area contributed by atoms with Gasteiger partial charge in [0.2, 0.25) is 5.91 Å². The van der Waals surface area contributed by atoms with Crippen LogP contribution in [0.5, 0.6) is 0 Å². The van der Waals surface area contributed by atoms with Crippen molar-refractivity contribution in [3.05, 3.63) is 35.6 Å². The highest BCUT2D eigenvalue weighted by Crippen LogP contribution is 2.24. The summed E-state index contributed by atoms with van der Waals surface area (Å²) in [7, 11) is 0. The third-order valence-corrected chi connectivity index (χ3v) is 4.99. The molecule has 5 heteroatoms. The van der Waals surface area contributed by atoms with E-state index in [9.17, 15) is 9.18 Å². The number of amides is 1. The zero-order valence-corrected chi connectivity index (χ0v) is 13.4. The van der Waals surface area contributed by atoms with Crippen molar-refractivity contribution in [2.24, 2.45) is 17.6 Å². The zero-order valence-electron chi connectivity index (χ0n) is 13.4. The molecule has 1 aromatic rings. The normalized spacial score (nSPS) is 28.6. The first-order valence-electron chi connectivity index (χ1n) is 8.50. The van der Waals surface area contributed by atoms with Gasteiger partial charge < -0.3 is 15.4 Å². The van der Waals surface area contributed by atoms with Gasteiger partial charge in [-0.25, -0.2) is 4.39 Å². The lowest BCUT2D eigenvalue weighted by atomic mass is 9.88. The summed E-state index contributed by atoms with van der Waals surface area (Å²) in [6.07, 6.45) is 3.75. The van der Waals surface area contributed by atoms with Gasteiger partial charge in [0.25, 0.3) is 0 Å². The third kappa shape index (κ3) is 4.09. The second-order valence-corrected chi connectivity index (χ2v) is 6.76. The van der Waals surface area contributed by atoms with E-state index in [4.69, 9.17) is 10.5 Å². The molecule has 3 rings (SSSR count). The van der Waals surface area contributed by atoms with Crippen molar-refractivity contribution in [2.45, 2.75) is 31.7 Å². The Morgan fingerprint density at radius 1 is 1.30 bits per heavy atom. The summed E-state index contributed by atoms with van der Waals surface area (Å²) < 4.78 is 18.3. The number of carbonyl (C=O) groups is 1. The van der Waals surface area contributed by atoms with Crippen LogP contribution < -0.4 is 5.73 Å². The number of piperidine rings is 1. The van der Waals surface area contributed by atoms with E-state index < -0.39 is 0 Å². The first kappa shape index (κ1) is 16.4. The summed E-state index contributed by atoms with van der Waals surface area (Å²) in [4.78, 5) is 14.7. The Hall–Kier alpha value is -1.46. The lowest BCUT2D eigenvalue weighted by Gasteiger charge is -2.37. The van der Waals surface area contributed by atoms with Crippen LogP contribution in [-0.2, 0) is 16.0 Å². The molecule has 2 fully saturated rings. The lowest BCUT2D eigenvalue weighted by Crippen LogP contribution is -2.51. The molecule has 0 radical (unpaired) electrons. The lowest BCUT2D eigenvalue weighted by molar-refractivity contribution is -0.141. The summed E-state index contributed by atoms with van der Waals surface area (Å²) in [5, 5.41) is 0. The maximum Gasteiger partial charge on any atom is 0.227 e. The minimum atomic E-state index is -0.206. The topological polar surface area (TPSA) is 55.6 Å². The Morgan fingerprint density at radius 2 is 2.09 bits per heavy atom. The van der Waals surface area contributed by atoms with Gasteiger partial charge in [-0.05, 0) is 49.3 Å². The standard InChI is InChI=1S/C18H25FN2O2/c19-15-5-3-13(4-6-15)10-14-2-1-8-21(11-14)18(22)16-7-9-23-12-17(16)20/h3-6,14,16-17H,1-2,7-12,20H2. The highest BCUT2D eigenvalue weighted by atomic mass is 19.1. The van der Waals surface area contributed by atoms with Crippen LogP contribution in [-0.4, -0.2) is 43.2 Å². The number of ether oxygens (including phenoxy) is 1. The van der Waals surface area contributed by atoms with Gasteiger partial charge in [-0.15, -0.1) is 0 Å². The van der Waals surface area contributed by atoms with E-state index in [1.54, 1.807) is 0 Å². The molecule has 3 unspecified atom stereocenters. The Balaban J connectivity index is 1.59. The molecule has 2 aliphatic heterocycles. The molecule has 2 heterocycles. The van der Waals surface area contributed by atoms with Crippen molar-refractivity contribution < 1.29 is 13.9 Å². The highest BCUT2D eigenvalue weighted by Gasteiger charge is 2.34. The molecule has 1 aromatic carbocycles. The van der Waals surface area contributed by atoms with Gasteiger partial charge in [-0.2, -0.15) is 0 Å². The van der Waals surface area contributed by atoms with E-state index in [1.165, 1.54) is 12.1 Å². The van der Waals surface area contributed by atoms with Crippen LogP contribution in [0.1, 0.15) is 24.8 Å². The Morgan fingerprint density at radius 3 is 2.83 bits per heavy atom. The fourth-order valence-electron chi connectivity index (χ4n) is 3.69. The molecule has 23 heavy (non-hydrogen) atoms. The molecule has 2 saturated heterocycles. The number of rotatable bonds is 3. The first-order valence-corrected chi connectivity index (χ1v) is 8.50. The van der Waals surface area contributed by atoms with E-state index in [-0.39, 0.29) is 23.7 Å². The van der Waals surface area contributed by atoms with E-state index in [0.717, 1.165) is 44.3 Å². The Labute approximate surface area is 136 Å². The molecule has 2 aliphatic rings. The highest BCUT2D eigenvalue weighted by molar-refractivity contribution is 5.79. The summed E-state index contributed by atoms with van der Waals surface area (Å²) in [6.45, 7) is 2.70. The van der Waals surface area contributed by atoms with Crippen LogP contribution in [0.15, 0.2) is 24.3 Å². The van der Waals surface area contributed by atoms with Gasteiger partial charge in [0.1, 0.15) is 5.82 Å². The molecule has 0 aromatic heterocycles. The SMILES string of the molecule is NC1COCCC1C(=O)N1CCCC(Cc2ccc(F)cc2)C1. The molecule has 0 bridgehead atoms. The number of likely N-dealkylation sites (tertiary alicyclic amines) is 1. The van der Waals surface area contributed by atoms with Gasteiger partial charge in [0.15, 0.2) is 0 Å². The molecule has 1 amide bonds. The molecule has 0 spiro atoms. The van der Waals surface area contributed by atoms with Gasteiger partial charge >= 0.3 is 0 Å². The second-order valence-electron chi connectivity index (χ2n) is 6.76. The Kier molecular flexibility index (Phi) is 5.28. The maximum absolute atomic E-state index is 13.0. The molecule has 0 saturated carbocycles. The van der Waals surface area contributed by atoms with Gasteiger partial charge in [-0.1, -0.05) is 12.1 Å². The van der Waals surface area contributed by atoms with Crippen LogP contribution in [0.25, 0.3) is 0 Å². The number of benzene rings is 1. The number of hydrogen-bond acceptors (Lipinski definition) is 3. The van der Waals surface area contributed by atoms with Crippen molar-refractivity contribution in [1.29, 1.82) is 0 Å². The fourth-order valence-corrected chi connectivity index (χ4v) is 3.69. The smallest absolute Gasteiger partial charge is 0.227 e. The van der Waals surface area contributed by atoms with Crippen molar-refractivity contribution in [3.8, 4) is 0 Å². The maximum atomic E-state index is 13.0. The largest absolute Gasteiger partial charge is 0.380 e. The molecule has 3 atom stereocenters. The number of carbonyl (C=O) groups excluding carboxylic acids is 1. The van der Waals surface area contributed by atoms with Crippen molar-refractivity contribution >= 4 is 5.91 Å². The quantitative estimate of drug-likeness (QED) is 0.926. The van der Waals surface area contributed by atoms with Gasteiger partial charge in [-0.3, -0.25) is 4.79 Å². The zero-order chi connectivity index (χ0) is 16.2.